The highest BCUT2D eigenvalue weighted by molar-refractivity contribution is 7.22. The lowest BCUT2D eigenvalue weighted by atomic mass is 10.2. The fourth-order valence-corrected chi connectivity index (χ4v) is 3.05. The molecule has 0 bridgehead atoms. The number of benzene rings is 2. The van der Waals surface area contributed by atoms with E-state index in [0.29, 0.717) is 16.8 Å². The second kappa shape index (κ2) is 7.17. The number of amides is 1. The lowest BCUT2D eigenvalue weighted by molar-refractivity contribution is -0.113. The molecule has 0 unspecified atom stereocenters. The van der Waals surface area contributed by atoms with E-state index >= 15 is 0 Å². The number of carbonyl (C=O) groups excluding carboxylic acids is 1. The van der Waals surface area contributed by atoms with Crippen molar-refractivity contribution in [2.45, 2.75) is 6.61 Å². The smallest absolute Gasteiger partial charge is 0.241 e. The van der Waals surface area contributed by atoms with Gasteiger partial charge in [-0.15, -0.1) is 11.6 Å². The number of rotatable bonds is 5. The van der Waals surface area contributed by atoms with Gasteiger partial charge in [-0.3, -0.25) is 4.79 Å². The Hall–Kier alpha value is -1.82. The maximum absolute atomic E-state index is 11.3. The van der Waals surface area contributed by atoms with Crippen LogP contribution < -0.4 is 10.1 Å². The molecule has 4 nitrogen and oxygen atoms in total. The van der Waals surface area contributed by atoms with Crippen LogP contribution in [-0.4, -0.2) is 16.8 Å². The number of nitrogens with zero attached hydrogens (tertiary/aromatic N) is 1. The van der Waals surface area contributed by atoms with Gasteiger partial charge in [0.05, 0.1) is 10.2 Å². The Bertz CT molecular complexity index is 834. The molecule has 2 aromatic carbocycles. The second-order valence-corrected chi connectivity index (χ2v) is 6.48. The van der Waals surface area contributed by atoms with Crippen molar-refractivity contribution in [3.63, 3.8) is 0 Å². The molecular formula is C16H12Cl2N2O2S. The van der Waals surface area contributed by atoms with Crippen LogP contribution in [0.15, 0.2) is 42.5 Å². The van der Waals surface area contributed by atoms with E-state index in [-0.39, 0.29) is 11.8 Å². The Morgan fingerprint density at radius 2 is 2.00 bits per heavy atom. The monoisotopic (exact) mass is 366 g/mol. The minimum Gasteiger partial charge on any atom is -0.489 e. The summed E-state index contributed by atoms with van der Waals surface area (Å²) in [7, 11) is 0. The van der Waals surface area contributed by atoms with Crippen LogP contribution in [0.25, 0.3) is 10.2 Å². The van der Waals surface area contributed by atoms with E-state index in [1.807, 2.05) is 42.5 Å². The van der Waals surface area contributed by atoms with Crippen molar-refractivity contribution in [1.29, 1.82) is 0 Å². The van der Waals surface area contributed by atoms with Crippen LogP contribution in [0.4, 0.5) is 5.13 Å². The van der Waals surface area contributed by atoms with Gasteiger partial charge in [-0.25, -0.2) is 4.98 Å². The van der Waals surface area contributed by atoms with E-state index in [2.05, 4.69) is 10.3 Å². The number of fused-ring (bicyclic) bond motifs is 1. The fraction of sp³-hybridized carbons (Fsp3) is 0.125. The highest BCUT2D eigenvalue weighted by Gasteiger charge is 2.08. The topological polar surface area (TPSA) is 51.2 Å². The molecule has 0 aliphatic carbocycles. The molecule has 0 aliphatic rings. The van der Waals surface area contributed by atoms with Crippen molar-refractivity contribution in [3.8, 4) is 5.75 Å². The summed E-state index contributed by atoms with van der Waals surface area (Å²) in [5.74, 6) is 0.377. The number of carbonyl (C=O) groups is 1. The zero-order valence-electron chi connectivity index (χ0n) is 11.9. The largest absolute Gasteiger partial charge is 0.489 e. The zero-order valence-corrected chi connectivity index (χ0v) is 14.2. The van der Waals surface area contributed by atoms with E-state index < -0.39 is 0 Å². The SMILES string of the molecule is O=C(CCl)Nc1nc2ccc(OCc3ccc(Cl)cc3)cc2s1. The third-order valence-corrected chi connectivity index (χ3v) is 4.47. The lowest BCUT2D eigenvalue weighted by Gasteiger charge is -2.06. The van der Waals surface area contributed by atoms with Gasteiger partial charge in [-0.1, -0.05) is 35.1 Å². The Morgan fingerprint density at radius 1 is 1.22 bits per heavy atom. The molecule has 0 saturated heterocycles. The molecule has 0 atom stereocenters. The molecule has 0 saturated carbocycles. The first-order valence-corrected chi connectivity index (χ1v) is 8.50. The molecular weight excluding hydrogens is 355 g/mol. The van der Waals surface area contributed by atoms with Crippen molar-refractivity contribution in [2.75, 3.05) is 11.2 Å². The van der Waals surface area contributed by atoms with Crippen LogP contribution in [0.1, 0.15) is 5.56 Å². The first-order valence-electron chi connectivity index (χ1n) is 6.78. The third kappa shape index (κ3) is 4.13. The molecule has 23 heavy (non-hydrogen) atoms. The third-order valence-electron chi connectivity index (χ3n) is 3.05. The summed E-state index contributed by atoms with van der Waals surface area (Å²) in [4.78, 5) is 15.6. The first-order chi connectivity index (χ1) is 11.1. The van der Waals surface area contributed by atoms with Gasteiger partial charge in [0, 0.05) is 5.02 Å². The number of nitrogens with one attached hydrogen (secondary N) is 1. The Kier molecular flexibility index (Phi) is 5.00. The van der Waals surface area contributed by atoms with Gasteiger partial charge in [0.15, 0.2) is 5.13 Å². The van der Waals surface area contributed by atoms with Gasteiger partial charge in [0.1, 0.15) is 18.2 Å². The van der Waals surface area contributed by atoms with Crippen LogP contribution in [0.3, 0.4) is 0 Å². The Morgan fingerprint density at radius 3 is 2.74 bits per heavy atom. The number of aromatic nitrogens is 1. The minimum atomic E-state index is -0.273. The fourth-order valence-electron chi connectivity index (χ4n) is 1.95. The first kappa shape index (κ1) is 16.1. The predicted molar refractivity (Wildman–Crippen MR) is 94.8 cm³/mol. The summed E-state index contributed by atoms with van der Waals surface area (Å²) in [6.07, 6.45) is 0. The maximum Gasteiger partial charge on any atom is 0.241 e. The lowest BCUT2D eigenvalue weighted by Crippen LogP contribution is -2.11. The van der Waals surface area contributed by atoms with Crippen molar-refractivity contribution < 1.29 is 9.53 Å². The molecule has 3 rings (SSSR count). The van der Waals surface area contributed by atoms with E-state index in [1.165, 1.54) is 11.3 Å². The molecule has 0 aliphatic heterocycles. The molecule has 1 heterocycles. The molecule has 7 heteroatoms. The summed E-state index contributed by atoms with van der Waals surface area (Å²) in [6, 6.07) is 13.1. The number of thiazole rings is 1. The molecule has 3 aromatic rings. The summed E-state index contributed by atoms with van der Waals surface area (Å²) in [5.41, 5.74) is 1.84. The van der Waals surface area contributed by atoms with E-state index in [0.717, 1.165) is 21.5 Å². The van der Waals surface area contributed by atoms with Gasteiger partial charge in [0.2, 0.25) is 5.91 Å². The van der Waals surface area contributed by atoms with Crippen LogP contribution >= 0.6 is 34.5 Å². The number of hydrogen-bond donors (Lipinski definition) is 1. The highest BCUT2D eigenvalue weighted by Crippen LogP contribution is 2.29. The zero-order chi connectivity index (χ0) is 16.2. The normalized spacial score (nSPS) is 10.7. The van der Waals surface area contributed by atoms with Crippen LogP contribution in [-0.2, 0) is 11.4 Å². The van der Waals surface area contributed by atoms with Crippen molar-refractivity contribution in [2.24, 2.45) is 0 Å². The van der Waals surface area contributed by atoms with Gasteiger partial charge < -0.3 is 10.1 Å². The number of anilines is 1. The Labute approximate surface area is 147 Å². The quantitative estimate of drug-likeness (QED) is 0.665. The molecule has 0 spiro atoms. The number of hydrogen-bond acceptors (Lipinski definition) is 4. The van der Waals surface area contributed by atoms with E-state index in [1.54, 1.807) is 0 Å². The summed E-state index contributed by atoms with van der Waals surface area (Å²) in [5, 5.41) is 3.88. The standard InChI is InChI=1S/C16H12Cl2N2O2S/c17-8-15(21)20-16-19-13-6-5-12(7-14(13)23-16)22-9-10-1-3-11(18)4-2-10/h1-7H,8-9H2,(H,19,20,21). The molecule has 1 amide bonds. The van der Waals surface area contributed by atoms with Gasteiger partial charge in [-0.05, 0) is 35.9 Å². The van der Waals surface area contributed by atoms with Crippen molar-refractivity contribution in [1.82, 2.24) is 4.98 Å². The summed E-state index contributed by atoms with van der Waals surface area (Å²) in [6.45, 7) is 0.456. The molecule has 0 fully saturated rings. The van der Waals surface area contributed by atoms with E-state index in [9.17, 15) is 4.79 Å². The molecule has 1 N–H and O–H groups in total. The molecule has 118 valence electrons. The number of halogens is 2. The average Bonchev–Trinajstić information content (AvgIpc) is 2.95. The summed E-state index contributed by atoms with van der Waals surface area (Å²) < 4.78 is 6.71. The van der Waals surface area contributed by atoms with Crippen molar-refractivity contribution in [3.05, 3.63) is 53.1 Å². The van der Waals surface area contributed by atoms with Gasteiger partial charge in [-0.2, -0.15) is 0 Å². The minimum absolute atomic E-state index is 0.0919. The Balaban J connectivity index is 1.71. The van der Waals surface area contributed by atoms with Gasteiger partial charge >= 0.3 is 0 Å². The van der Waals surface area contributed by atoms with Gasteiger partial charge in [0.25, 0.3) is 0 Å². The molecule has 0 radical (unpaired) electrons. The average molecular weight is 367 g/mol. The molecule has 1 aromatic heterocycles. The number of ether oxygens (including phenoxy) is 1. The summed E-state index contributed by atoms with van der Waals surface area (Å²) >= 11 is 12.7. The van der Waals surface area contributed by atoms with E-state index in [4.69, 9.17) is 27.9 Å². The number of alkyl halides is 1. The second-order valence-electron chi connectivity index (χ2n) is 4.75. The van der Waals surface area contributed by atoms with Crippen molar-refractivity contribution >= 4 is 55.8 Å². The highest BCUT2D eigenvalue weighted by atomic mass is 35.5. The maximum atomic E-state index is 11.3. The van der Waals surface area contributed by atoms with Crippen LogP contribution in [0.5, 0.6) is 5.75 Å². The predicted octanol–water partition coefficient (Wildman–Crippen LogP) is 4.71. The van der Waals surface area contributed by atoms with Crippen LogP contribution in [0.2, 0.25) is 5.02 Å². The van der Waals surface area contributed by atoms with Crippen LogP contribution in [0, 0.1) is 0 Å².